The van der Waals surface area contributed by atoms with Gasteiger partial charge in [-0.05, 0) is 47.3 Å². The number of carbonyl (C=O) groups is 1. The van der Waals surface area contributed by atoms with Crippen molar-refractivity contribution in [3.8, 4) is 0 Å². The maximum atomic E-state index is 13.2. The Bertz CT molecular complexity index is 898. The summed E-state index contributed by atoms with van der Waals surface area (Å²) < 4.78 is 27.3. The molecule has 0 aliphatic heterocycles. The first-order valence-corrected chi connectivity index (χ1v) is 9.97. The van der Waals surface area contributed by atoms with Crippen molar-refractivity contribution in [2.45, 2.75) is 24.7 Å². The van der Waals surface area contributed by atoms with E-state index < -0.39 is 21.8 Å². The summed E-state index contributed by atoms with van der Waals surface area (Å²) >= 11 is 17.5. The minimum atomic E-state index is -4.15. The van der Waals surface area contributed by atoms with Crippen molar-refractivity contribution in [3.63, 3.8) is 0 Å². The minimum Gasteiger partial charge on any atom is -0.279 e. The Morgan fingerprint density at radius 1 is 1.12 bits per heavy atom. The average molecular weight is 421 g/mol. The van der Waals surface area contributed by atoms with Crippen LogP contribution in [0.25, 0.3) is 0 Å². The highest BCUT2D eigenvalue weighted by atomic mass is 35.5. The molecule has 0 unspecified atom stereocenters. The second kappa shape index (κ2) is 7.96. The highest BCUT2D eigenvalue weighted by molar-refractivity contribution is 7.93. The van der Waals surface area contributed by atoms with Crippen molar-refractivity contribution in [1.82, 2.24) is 0 Å². The molecule has 0 fully saturated rings. The molecule has 2 aromatic rings. The van der Waals surface area contributed by atoms with E-state index in [2.05, 4.69) is 0 Å². The van der Waals surface area contributed by atoms with Gasteiger partial charge in [0.2, 0.25) is 5.24 Å². The van der Waals surface area contributed by atoms with Gasteiger partial charge >= 0.3 is 0 Å². The Balaban J connectivity index is 2.70. The Morgan fingerprint density at radius 3 is 2.36 bits per heavy atom. The number of para-hydroxylation sites is 1. The molecule has 25 heavy (non-hydrogen) atoms. The number of benzene rings is 2. The number of nitrogens with zero attached hydrogens (tertiary/aromatic N) is 1. The predicted octanol–water partition coefficient (Wildman–Crippen LogP) is 5.08. The monoisotopic (exact) mass is 419 g/mol. The standard InChI is InChI=1S/C17H16Cl3NO3S/c1-11(2)13-5-3-4-6-15(13)21(10-17(20)22)25(23,24)16-9-12(18)7-8-14(16)19/h3-9,11H,10H2,1-2H3. The second-order valence-corrected chi connectivity index (χ2v) is 8.75. The van der Waals surface area contributed by atoms with Crippen LogP contribution in [0.2, 0.25) is 10.0 Å². The molecule has 0 aliphatic carbocycles. The van der Waals surface area contributed by atoms with Crippen LogP contribution in [0.4, 0.5) is 5.69 Å². The summed E-state index contributed by atoms with van der Waals surface area (Å²) in [6, 6.07) is 11.1. The summed E-state index contributed by atoms with van der Waals surface area (Å²) in [5.74, 6) is 0.0363. The molecule has 134 valence electrons. The zero-order chi connectivity index (χ0) is 18.8. The molecular weight excluding hydrogens is 405 g/mol. The molecule has 0 aliphatic rings. The van der Waals surface area contributed by atoms with E-state index in [4.69, 9.17) is 34.8 Å². The number of carbonyl (C=O) groups excluding carboxylic acids is 1. The molecule has 2 aromatic carbocycles. The van der Waals surface area contributed by atoms with E-state index in [1.165, 1.54) is 18.2 Å². The third-order valence-corrected chi connectivity index (χ3v) is 6.15. The van der Waals surface area contributed by atoms with Crippen LogP contribution >= 0.6 is 34.8 Å². The number of halogens is 3. The lowest BCUT2D eigenvalue weighted by molar-refractivity contribution is -0.110. The molecule has 0 atom stereocenters. The van der Waals surface area contributed by atoms with E-state index >= 15 is 0 Å². The molecule has 0 saturated carbocycles. The lowest BCUT2D eigenvalue weighted by atomic mass is 10.0. The van der Waals surface area contributed by atoms with Crippen molar-refractivity contribution >= 4 is 55.8 Å². The summed E-state index contributed by atoms with van der Waals surface area (Å²) in [5.41, 5.74) is 1.14. The largest absolute Gasteiger partial charge is 0.279 e. The topological polar surface area (TPSA) is 54.5 Å². The normalized spacial score (nSPS) is 11.6. The van der Waals surface area contributed by atoms with Gasteiger partial charge in [-0.2, -0.15) is 0 Å². The first kappa shape index (κ1) is 20.0. The molecular formula is C17H16Cl3NO3S. The van der Waals surface area contributed by atoms with Crippen LogP contribution < -0.4 is 4.31 Å². The summed E-state index contributed by atoms with van der Waals surface area (Å²) in [4.78, 5) is 11.4. The Hall–Kier alpha value is -1.27. The smallest absolute Gasteiger partial charge is 0.266 e. The Morgan fingerprint density at radius 2 is 1.76 bits per heavy atom. The molecule has 2 rings (SSSR count). The van der Waals surface area contributed by atoms with Gasteiger partial charge in [0.15, 0.2) is 0 Å². The maximum absolute atomic E-state index is 13.2. The third kappa shape index (κ3) is 4.47. The van der Waals surface area contributed by atoms with Crippen LogP contribution in [0.5, 0.6) is 0 Å². The molecule has 0 spiro atoms. The van der Waals surface area contributed by atoms with E-state index in [0.29, 0.717) is 5.69 Å². The van der Waals surface area contributed by atoms with Crippen LogP contribution in [0.15, 0.2) is 47.4 Å². The van der Waals surface area contributed by atoms with Gasteiger partial charge in [-0.3, -0.25) is 9.10 Å². The fraction of sp³-hybridized carbons (Fsp3) is 0.235. The molecule has 0 N–H and O–H groups in total. The predicted molar refractivity (Wildman–Crippen MR) is 102 cm³/mol. The van der Waals surface area contributed by atoms with Crippen molar-refractivity contribution in [2.75, 3.05) is 10.8 Å². The van der Waals surface area contributed by atoms with E-state index in [1.54, 1.807) is 24.3 Å². The number of rotatable bonds is 6. The molecule has 0 heterocycles. The first-order valence-electron chi connectivity index (χ1n) is 7.39. The summed E-state index contributed by atoms with van der Waals surface area (Å²) in [5, 5.41) is -0.573. The number of sulfonamides is 1. The van der Waals surface area contributed by atoms with E-state index in [9.17, 15) is 13.2 Å². The molecule has 0 saturated heterocycles. The summed E-state index contributed by atoms with van der Waals surface area (Å²) in [6.07, 6.45) is 0. The van der Waals surface area contributed by atoms with Crippen LogP contribution in [-0.2, 0) is 14.8 Å². The highest BCUT2D eigenvalue weighted by Crippen LogP contribution is 2.34. The van der Waals surface area contributed by atoms with E-state index in [1.807, 2.05) is 13.8 Å². The van der Waals surface area contributed by atoms with Crippen LogP contribution in [0.1, 0.15) is 25.3 Å². The Labute approximate surface area is 162 Å². The van der Waals surface area contributed by atoms with E-state index in [-0.39, 0.29) is 20.9 Å². The zero-order valence-electron chi connectivity index (χ0n) is 13.5. The van der Waals surface area contributed by atoms with Gasteiger partial charge < -0.3 is 0 Å². The van der Waals surface area contributed by atoms with Crippen molar-refractivity contribution in [1.29, 1.82) is 0 Å². The number of anilines is 1. The van der Waals surface area contributed by atoms with Crippen molar-refractivity contribution < 1.29 is 13.2 Å². The van der Waals surface area contributed by atoms with Crippen LogP contribution in [0.3, 0.4) is 0 Å². The molecule has 0 radical (unpaired) electrons. The van der Waals surface area contributed by atoms with E-state index in [0.717, 1.165) is 9.87 Å². The van der Waals surface area contributed by atoms with Gasteiger partial charge in [-0.1, -0.05) is 55.2 Å². The fourth-order valence-electron chi connectivity index (χ4n) is 2.41. The van der Waals surface area contributed by atoms with Crippen LogP contribution in [0, 0.1) is 0 Å². The average Bonchev–Trinajstić information content (AvgIpc) is 2.54. The van der Waals surface area contributed by atoms with Gasteiger partial charge in [-0.25, -0.2) is 8.42 Å². The van der Waals surface area contributed by atoms with Gasteiger partial charge in [0.1, 0.15) is 11.4 Å². The summed E-state index contributed by atoms with van der Waals surface area (Å²) in [7, 11) is -4.15. The quantitative estimate of drug-likeness (QED) is 0.612. The Kier molecular flexibility index (Phi) is 6.38. The van der Waals surface area contributed by atoms with Crippen molar-refractivity contribution in [2.24, 2.45) is 0 Å². The molecule has 0 bridgehead atoms. The SMILES string of the molecule is CC(C)c1ccccc1N(CC(=O)Cl)S(=O)(=O)c1cc(Cl)ccc1Cl. The van der Waals surface area contributed by atoms with Gasteiger partial charge in [0.25, 0.3) is 10.0 Å². The lowest BCUT2D eigenvalue weighted by Crippen LogP contribution is -2.35. The van der Waals surface area contributed by atoms with Gasteiger partial charge in [0, 0.05) is 5.02 Å². The van der Waals surface area contributed by atoms with Gasteiger partial charge in [-0.15, -0.1) is 0 Å². The highest BCUT2D eigenvalue weighted by Gasteiger charge is 2.30. The second-order valence-electron chi connectivity index (χ2n) is 5.66. The lowest BCUT2D eigenvalue weighted by Gasteiger charge is -2.27. The molecule has 0 aromatic heterocycles. The fourth-order valence-corrected chi connectivity index (χ4v) is 4.79. The summed E-state index contributed by atoms with van der Waals surface area (Å²) in [6.45, 7) is 3.34. The molecule has 0 amide bonds. The minimum absolute atomic E-state index is 0.0125. The van der Waals surface area contributed by atoms with Crippen LogP contribution in [-0.4, -0.2) is 20.2 Å². The maximum Gasteiger partial charge on any atom is 0.266 e. The van der Waals surface area contributed by atoms with Gasteiger partial charge in [0.05, 0.1) is 10.7 Å². The first-order chi connectivity index (χ1) is 11.6. The third-order valence-electron chi connectivity index (χ3n) is 3.56. The zero-order valence-corrected chi connectivity index (χ0v) is 16.6. The number of hydrogen-bond donors (Lipinski definition) is 0. The molecule has 4 nitrogen and oxygen atoms in total. The van der Waals surface area contributed by atoms with Crippen molar-refractivity contribution in [3.05, 3.63) is 58.1 Å². The number of hydrogen-bond acceptors (Lipinski definition) is 3. The molecule has 8 heteroatoms.